The molecular weight excluding hydrogens is 662 g/mol. The first-order chi connectivity index (χ1) is 25.1. The zero-order valence-electron chi connectivity index (χ0n) is 30.5. The largest absolute Gasteiger partial charge is 0.455 e. The number of carbonyl (C=O) groups excluding carboxylic acids is 4. The molecule has 3 fully saturated rings. The number of esters is 1. The van der Waals surface area contributed by atoms with Crippen LogP contribution in [0.15, 0.2) is 86.0 Å². The van der Waals surface area contributed by atoms with Crippen molar-refractivity contribution in [2.75, 3.05) is 26.9 Å². The van der Waals surface area contributed by atoms with E-state index in [0.29, 0.717) is 31.2 Å². The molecule has 0 radical (unpaired) electrons. The molecule has 3 heterocycles. The lowest BCUT2D eigenvalue weighted by Gasteiger charge is -2.41. The molecule has 0 aromatic heterocycles. The van der Waals surface area contributed by atoms with E-state index in [4.69, 9.17) is 14.2 Å². The van der Waals surface area contributed by atoms with E-state index in [0.717, 1.165) is 5.56 Å². The van der Waals surface area contributed by atoms with E-state index in [1.54, 1.807) is 17.1 Å². The lowest BCUT2D eigenvalue weighted by atomic mass is 9.70. The molecule has 0 unspecified atom stereocenters. The third-order valence-electron chi connectivity index (χ3n) is 11.0. The molecule has 3 saturated heterocycles. The first kappa shape index (κ1) is 38.9. The van der Waals surface area contributed by atoms with Gasteiger partial charge in [-0.3, -0.25) is 19.2 Å². The number of allylic oxidation sites excluding steroid dienone is 1. The summed E-state index contributed by atoms with van der Waals surface area (Å²) >= 11 is 0. The number of rotatable bonds is 19. The lowest BCUT2D eigenvalue weighted by molar-refractivity contribution is -0.164. The van der Waals surface area contributed by atoms with Crippen LogP contribution in [-0.2, 0) is 39.9 Å². The molecular formula is C41H53N3O8. The topological polar surface area (TPSA) is 135 Å². The highest BCUT2D eigenvalue weighted by Gasteiger charge is 2.76. The minimum absolute atomic E-state index is 0.0571. The molecule has 5 rings (SSSR count). The fourth-order valence-electron chi connectivity index (χ4n) is 8.30. The molecule has 52 heavy (non-hydrogen) atoms. The first-order valence-electron chi connectivity index (χ1n) is 18.3. The quantitative estimate of drug-likeness (QED) is 0.162. The van der Waals surface area contributed by atoms with Crippen LogP contribution in [0.5, 0.6) is 0 Å². The maximum atomic E-state index is 14.9. The number of aliphatic hydroxyl groups is 1. The number of amides is 3. The zero-order valence-corrected chi connectivity index (χ0v) is 30.5. The first-order valence-corrected chi connectivity index (χ1v) is 18.3. The Labute approximate surface area is 307 Å². The molecule has 3 aliphatic rings. The standard InChI is InChI=1S/C41H53N3O8/c1-6-9-20-33(46)42-30(26-50-5)36(29-18-14-11-15-19-29)51-40(49)34-32-21-22-41(52-32)35(34)38(47)44(31(25-45)27(4)8-3)37(41)39(48)43(23-7-2)24-28-16-12-10-13-17-28/h6-7,10-19,27,30-32,34-37,45H,1-2,8-9,20-26H2,3-5H3,(H,42,46)/t27-,30-,31-,32+,34-,35-,36-,37+,41-/m0/s1. The number of hydrogen-bond acceptors (Lipinski definition) is 8. The smallest absolute Gasteiger partial charge is 0.313 e. The van der Waals surface area contributed by atoms with Crippen LogP contribution in [0.2, 0.25) is 0 Å². The molecule has 2 N–H and O–H groups in total. The molecule has 2 aromatic rings. The summed E-state index contributed by atoms with van der Waals surface area (Å²) in [4.78, 5) is 60.4. The van der Waals surface area contributed by atoms with Crippen molar-refractivity contribution in [1.29, 1.82) is 0 Å². The predicted octanol–water partition coefficient (Wildman–Crippen LogP) is 4.36. The maximum absolute atomic E-state index is 14.9. The summed E-state index contributed by atoms with van der Waals surface area (Å²) in [5, 5.41) is 13.7. The van der Waals surface area contributed by atoms with Crippen LogP contribution in [0, 0.1) is 17.8 Å². The Balaban J connectivity index is 1.52. The fraction of sp³-hybridized carbons (Fsp3) is 0.512. The van der Waals surface area contributed by atoms with Crippen LogP contribution >= 0.6 is 0 Å². The zero-order chi connectivity index (χ0) is 37.4. The fourth-order valence-corrected chi connectivity index (χ4v) is 8.30. The number of ether oxygens (including phenoxy) is 3. The van der Waals surface area contributed by atoms with Gasteiger partial charge in [0, 0.05) is 26.6 Å². The molecule has 9 atom stereocenters. The van der Waals surface area contributed by atoms with Crippen molar-refractivity contribution < 1.29 is 38.5 Å². The third-order valence-corrected chi connectivity index (χ3v) is 11.0. The van der Waals surface area contributed by atoms with Crippen LogP contribution in [0.3, 0.4) is 0 Å². The normalized spacial score (nSPS) is 25.5. The molecule has 11 heteroatoms. The molecule has 2 bridgehead atoms. The van der Waals surface area contributed by atoms with Crippen molar-refractivity contribution in [3.8, 4) is 0 Å². The van der Waals surface area contributed by atoms with Crippen LogP contribution < -0.4 is 5.32 Å². The van der Waals surface area contributed by atoms with Gasteiger partial charge in [0.05, 0.1) is 43.2 Å². The minimum Gasteiger partial charge on any atom is -0.455 e. The number of carbonyl (C=O) groups is 4. The number of aliphatic hydroxyl groups excluding tert-OH is 1. The van der Waals surface area contributed by atoms with Crippen LogP contribution in [0.4, 0.5) is 0 Å². The summed E-state index contributed by atoms with van der Waals surface area (Å²) in [7, 11) is 1.51. The molecule has 2 aromatic carbocycles. The lowest BCUT2D eigenvalue weighted by Crippen LogP contribution is -2.59. The van der Waals surface area contributed by atoms with Gasteiger partial charge in [-0.15, -0.1) is 13.2 Å². The van der Waals surface area contributed by atoms with Gasteiger partial charge < -0.3 is 34.4 Å². The Morgan fingerprint density at radius 3 is 2.42 bits per heavy atom. The van der Waals surface area contributed by atoms with Gasteiger partial charge in [0.15, 0.2) is 0 Å². The molecule has 1 spiro atoms. The van der Waals surface area contributed by atoms with E-state index in [-0.39, 0.29) is 50.5 Å². The number of fused-ring (bicyclic) bond motifs is 1. The van der Waals surface area contributed by atoms with E-state index in [1.807, 2.05) is 74.5 Å². The number of benzene rings is 2. The maximum Gasteiger partial charge on any atom is 0.313 e. The summed E-state index contributed by atoms with van der Waals surface area (Å²) < 4.78 is 18.5. The number of nitrogens with zero attached hydrogens (tertiary/aromatic N) is 2. The number of methoxy groups -OCH3 is 1. The summed E-state index contributed by atoms with van der Waals surface area (Å²) in [5.74, 6) is -3.78. The van der Waals surface area contributed by atoms with Crippen molar-refractivity contribution in [2.24, 2.45) is 17.8 Å². The van der Waals surface area contributed by atoms with Crippen LogP contribution in [0.1, 0.15) is 63.2 Å². The second-order valence-corrected chi connectivity index (χ2v) is 14.2. The van der Waals surface area contributed by atoms with Crippen LogP contribution in [-0.4, -0.2) is 95.3 Å². The minimum atomic E-state index is -1.30. The van der Waals surface area contributed by atoms with Crippen LogP contribution in [0.25, 0.3) is 0 Å². The van der Waals surface area contributed by atoms with Crippen molar-refractivity contribution >= 4 is 23.7 Å². The van der Waals surface area contributed by atoms with Gasteiger partial charge in [-0.1, -0.05) is 93.1 Å². The van der Waals surface area contributed by atoms with Gasteiger partial charge in [-0.2, -0.15) is 0 Å². The predicted molar refractivity (Wildman–Crippen MR) is 195 cm³/mol. The van der Waals surface area contributed by atoms with Crippen molar-refractivity contribution in [2.45, 2.75) is 88.4 Å². The Morgan fingerprint density at radius 1 is 1.12 bits per heavy atom. The average molecular weight is 716 g/mol. The summed E-state index contributed by atoms with van der Waals surface area (Å²) in [6.45, 7) is 11.7. The second kappa shape index (κ2) is 17.5. The van der Waals surface area contributed by atoms with E-state index in [1.165, 1.54) is 12.0 Å². The van der Waals surface area contributed by atoms with Crippen molar-refractivity contribution in [3.63, 3.8) is 0 Å². The van der Waals surface area contributed by atoms with E-state index in [9.17, 15) is 24.3 Å². The van der Waals surface area contributed by atoms with Gasteiger partial charge in [0.25, 0.3) is 0 Å². The van der Waals surface area contributed by atoms with Gasteiger partial charge >= 0.3 is 5.97 Å². The Hall–Kier alpha value is -4.32. The molecule has 3 amide bonds. The van der Waals surface area contributed by atoms with Crippen molar-refractivity contribution in [3.05, 3.63) is 97.1 Å². The molecule has 280 valence electrons. The van der Waals surface area contributed by atoms with Gasteiger partial charge in [-0.25, -0.2) is 0 Å². The van der Waals surface area contributed by atoms with Gasteiger partial charge in [0.1, 0.15) is 17.7 Å². The third kappa shape index (κ3) is 7.72. The van der Waals surface area contributed by atoms with E-state index >= 15 is 0 Å². The molecule has 3 aliphatic heterocycles. The summed E-state index contributed by atoms with van der Waals surface area (Å²) in [6.07, 6.45) is 3.89. The van der Waals surface area contributed by atoms with Gasteiger partial charge in [0.2, 0.25) is 17.7 Å². The van der Waals surface area contributed by atoms with E-state index < -0.39 is 59.6 Å². The second-order valence-electron chi connectivity index (χ2n) is 14.2. The number of hydrogen-bond donors (Lipinski definition) is 2. The highest BCUT2D eigenvalue weighted by atomic mass is 16.6. The molecule has 11 nitrogen and oxygen atoms in total. The number of nitrogens with one attached hydrogen (secondary N) is 1. The van der Waals surface area contributed by atoms with Gasteiger partial charge in [-0.05, 0) is 36.3 Å². The summed E-state index contributed by atoms with van der Waals surface area (Å²) in [5.41, 5.74) is 0.258. The summed E-state index contributed by atoms with van der Waals surface area (Å²) in [6, 6.07) is 16.2. The number of likely N-dealkylation sites (tertiary alicyclic amines) is 1. The van der Waals surface area contributed by atoms with Crippen molar-refractivity contribution in [1.82, 2.24) is 15.1 Å². The van der Waals surface area contributed by atoms with E-state index in [2.05, 4.69) is 18.5 Å². The average Bonchev–Trinajstić information content (AvgIpc) is 3.81. The Morgan fingerprint density at radius 2 is 1.81 bits per heavy atom. The Bertz CT molecular complexity index is 1570. The highest BCUT2D eigenvalue weighted by Crippen LogP contribution is 2.59. The SMILES string of the molecule is C=CCCC(=O)N[C@@H](COC)[C@@H](OC(=O)[C@@H]1[C@H]2C(=O)N([C@@H](CO)[C@@H](C)CC)[C@H](C(=O)N(CC=C)Cc3ccccc3)[C@]23CC[C@H]1O3)c1ccccc1. The molecule has 0 saturated carbocycles. The Kier molecular flexibility index (Phi) is 13.1. The highest BCUT2D eigenvalue weighted by molar-refractivity contribution is 5.98. The molecule has 0 aliphatic carbocycles. The monoisotopic (exact) mass is 715 g/mol.